The fraction of sp³-hybridized carbons (Fsp3) is 0.143. The van der Waals surface area contributed by atoms with E-state index >= 15 is 0 Å². The van der Waals surface area contributed by atoms with E-state index in [-0.39, 0.29) is 5.91 Å². The highest BCUT2D eigenvalue weighted by atomic mass is 16.5. The van der Waals surface area contributed by atoms with Crippen molar-refractivity contribution in [2.45, 2.75) is 6.92 Å². The van der Waals surface area contributed by atoms with E-state index in [4.69, 9.17) is 9.47 Å². The number of aromatic nitrogens is 1. The zero-order valence-corrected chi connectivity index (χ0v) is 15.2. The Kier molecular flexibility index (Phi) is 5.89. The van der Waals surface area contributed by atoms with Crippen molar-refractivity contribution in [2.75, 3.05) is 24.4 Å². The number of hydrogen-bond donors (Lipinski definition) is 2. The summed E-state index contributed by atoms with van der Waals surface area (Å²) in [5.74, 6) is 1.12. The summed E-state index contributed by atoms with van der Waals surface area (Å²) in [6.07, 6.45) is 1.62. The molecule has 0 bridgehead atoms. The molecule has 138 valence electrons. The smallest absolute Gasteiger partial charge is 0.274 e. The van der Waals surface area contributed by atoms with Gasteiger partial charge in [0.05, 0.1) is 31.3 Å². The Hall–Kier alpha value is -3.54. The molecule has 0 aliphatic carbocycles. The number of amides is 1. The average Bonchev–Trinajstić information content (AvgIpc) is 2.70. The Balaban J connectivity index is 1.65. The van der Waals surface area contributed by atoms with Crippen molar-refractivity contribution >= 4 is 23.0 Å². The van der Waals surface area contributed by atoms with E-state index in [2.05, 4.69) is 15.6 Å². The normalized spacial score (nSPS) is 10.1. The minimum Gasteiger partial charge on any atom is -0.495 e. The lowest BCUT2D eigenvalue weighted by molar-refractivity contribution is 0.102. The number of hydrogen-bond acceptors (Lipinski definition) is 5. The summed E-state index contributed by atoms with van der Waals surface area (Å²) in [5.41, 5.74) is 2.61. The predicted molar refractivity (Wildman–Crippen MR) is 106 cm³/mol. The van der Waals surface area contributed by atoms with Gasteiger partial charge in [-0.25, -0.2) is 4.98 Å². The van der Waals surface area contributed by atoms with Gasteiger partial charge in [0.15, 0.2) is 0 Å². The maximum Gasteiger partial charge on any atom is 0.274 e. The summed E-state index contributed by atoms with van der Waals surface area (Å²) in [6.45, 7) is 2.58. The zero-order valence-electron chi connectivity index (χ0n) is 15.2. The minimum absolute atomic E-state index is 0.299. The van der Waals surface area contributed by atoms with Gasteiger partial charge in [-0.05, 0) is 55.5 Å². The molecular formula is C21H21N3O3. The van der Waals surface area contributed by atoms with Crippen LogP contribution in [0, 0.1) is 0 Å². The van der Waals surface area contributed by atoms with Crippen LogP contribution >= 0.6 is 0 Å². The predicted octanol–water partition coefficient (Wildman–Crippen LogP) is 4.48. The van der Waals surface area contributed by atoms with Gasteiger partial charge in [0.25, 0.3) is 5.91 Å². The van der Waals surface area contributed by atoms with Gasteiger partial charge in [-0.3, -0.25) is 4.79 Å². The quantitative estimate of drug-likeness (QED) is 0.647. The molecule has 6 nitrogen and oxygen atoms in total. The van der Waals surface area contributed by atoms with Crippen LogP contribution in [0.5, 0.6) is 11.5 Å². The van der Waals surface area contributed by atoms with E-state index in [1.807, 2.05) is 43.3 Å². The molecule has 27 heavy (non-hydrogen) atoms. The Bertz CT molecular complexity index is 893. The number of benzene rings is 2. The molecule has 0 fully saturated rings. The summed E-state index contributed by atoms with van der Waals surface area (Å²) in [7, 11) is 1.56. The van der Waals surface area contributed by atoms with E-state index in [0.717, 1.165) is 17.1 Å². The van der Waals surface area contributed by atoms with Gasteiger partial charge < -0.3 is 20.1 Å². The third kappa shape index (κ3) is 4.76. The molecule has 0 saturated heterocycles. The molecule has 2 N–H and O–H groups in total. The van der Waals surface area contributed by atoms with Crippen molar-refractivity contribution in [3.8, 4) is 11.5 Å². The van der Waals surface area contributed by atoms with Gasteiger partial charge in [-0.1, -0.05) is 12.1 Å². The fourth-order valence-electron chi connectivity index (χ4n) is 2.50. The van der Waals surface area contributed by atoms with Crippen LogP contribution < -0.4 is 20.1 Å². The third-order valence-corrected chi connectivity index (χ3v) is 3.81. The van der Waals surface area contributed by atoms with Crippen LogP contribution in [0.2, 0.25) is 0 Å². The van der Waals surface area contributed by atoms with Crippen LogP contribution in [0.25, 0.3) is 0 Å². The molecular weight excluding hydrogens is 342 g/mol. The highest BCUT2D eigenvalue weighted by Crippen LogP contribution is 2.24. The Morgan fingerprint density at radius 3 is 2.41 bits per heavy atom. The van der Waals surface area contributed by atoms with Gasteiger partial charge in [-0.2, -0.15) is 0 Å². The second kappa shape index (κ2) is 8.71. The number of nitrogens with zero attached hydrogens (tertiary/aromatic N) is 1. The number of para-hydroxylation sites is 2. The highest BCUT2D eigenvalue weighted by molar-refractivity contribution is 6.03. The molecule has 1 heterocycles. The molecule has 0 aliphatic rings. The van der Waals surface area contributed by atoms with Crippen LogP contribution in [-0.4, -0.2) is 24.6 Å². The number of ether oxygens (including phenoxy) is 2. The van der Waals surface area contributed by atoms with E-state index in [9.17, 15) is 4.79 Å². The molecule has 6 heteroatoms. The van der Waals surface area contributed by atoms with Crippen molar-refractivity contribution in [1.29, 1.82) is 0 Å². The second-order valence-corrected chi connectivity index (χ2v) is 5.67. The molecule has 0 spiro atoms. The number of anilines is 3. The van der Waals surface area contributed by atoms with Gasteiger partial charge >= 0.3 is 0 Å². The molecule has 0 radical (unpaired) electrons. The van der Waals surface area contributed by atoms with Gasteiger partial charge in [-0.15, -0.1) is 0 Å². The van der Waals surface area contributed by atoms with Gasteiger partial charge in [0.2, 0.25) is 0 Å². The number of nitrogens with one attached hydrogen (secondary N) is 2. The van der Waals surface area contributed by atoms with Crippen molar-refractivity contribution in [1.82, 2.24) is 4.98 Å². The Morgan fingerprint density at radius 2 is 1.74 bits per heavy atom. The number of rotatable bonds is 7. The van der Waals surface area contributed by atoms with Crippen molar-refractivity contribution < 1.29 is 14.3 Å². The van der Waals surface area contributed by atoms with Gasteiger partial charge in [0.1, 0.15) is 17.2 Å². The summed E-state index contributed by atoms with van der Waals surface area (Å²) in [4.78, 5) is 16.6. The summed E-state index contributed by atoms with van der Waals surface area (Å²) >= 11 is 0. The number of carbonyl (C=O) groups excluding carboxylic acids is 1. The summed E-state index contributed by atoms with van der Waals surface area (Å²) < 4.78 is 10.7. The van der Waals surface area contributed by atoms with E-state index < -0.39 is 0 Å². The Labute approximate surface area is 158 Å². The van der Waals surface area contributed by atoms with E-state index in [1.54, 1.807) is 37.6 Å². The second-order valence-electron chi connectivity index (χ2n) is 5.67. The van der Waals surface area contributed by atoms with Crippen LogP contribution in [0.15, 0.2) is 66.9 Å². The monoisotopic (exact) mass is 363 g/mol. The van der Waals surface area contributed by atoms with Crippen LogP contribution in [0.3, 0.4) is 0 Å². The largest absolute Gasteiger partial charge is 0.495 e. The lowest BCUT2D eigenvalue weighted by atomic mass is 10.2. The fourth-order valence-corrected chi connectivity index (χ4v) is 2.50. The molecule has 1 amide bonds. The molecule has 0 aliphatic heterocycles. The summed E-state index contributed by atoms with van der Waals surface area (Å²) in [5, 5.41) is 6.04. The highest BCUT2D eigenvalue weighted by Gasteiger charge is 2.10. The average molecular weight is 363 g/mol. The SMILES string of the molecule is CCOc1ccc(Nc2ccc(C(=O)Nc3ccccc3OC)nc2)cc1. The zero-order chi connectivity index (χ0) is 19.1. The topological polar surface area (TPSA) is 72.5 Å². The minimum atomic E-state index is -0.299. The lowest BCUT2D eigenvalue weighted by Gasteiger charge is -2.10. The van der Waals surface area contributed by atoms with Crippen molar-refractivity contribution in [2.24, 2.45) is 0 Å². The Morgan fingerprint density at radius 1 is 1.00 bits per heavy atom. The number of pyridine rings is 1. The first-order valence-electron chi connectivity index (χ1n) is 8.60. The van der Waals surface area contributed by atoms with E-state index in [1.165, 1.54) is 0 Å². The van der Waals surface area contributed by atoms with Crippen LogP contribution in [-0.2, 0) is 0 Å². The standard InChI is InChI=1S/C21H21N3O3/c1-3-27-17-11-8-15(9-12-17)23-16-10-13-19(22-14-16)21(25)24-18-6-4-5-7-20(18)26-2/h4-14,23H,3H2,1-2H3,(H,24,25). The van der Waals surface area contributed by atoms with Crippen molar-refractivity contribution in [3.63, 3.8) is 0 Å². The maximum atomic E-state index is 12.4. The van der Waals surface area contributed by atoms with Crippen molar-refractivity contribution in [3.05, 3.63) is 72.6 Å². The van der Waals surface area contributed by atoms with E-state index in [0.29, 0.717) is 23.7 Å². The first-order chi connectivity index (χ1) is 13.2. The molecule has 3 rings (SSSR count). The lowest BCUT2D eigenvalue weighted by Crippen LogP contribution is -2.14. The third-order valence-electron chi connectivity index (χ3n) is 3.81. The molecule has 0 saturated carbocycles. The number of carbonyl (C=O) groups is 1. The molecule has 1 aromatic heterocycles. The first kappa shape index (κ1) is 18.3. The summed E-state index contributed by atoms with van der Waals surface area (Å²) in [6, 6.07) is 18.3. The number of methoxy groups -OCH3 is 1. The molecule has 2 aromatic carbocycles. The maximum absolute atomic E-state index is 12.4. The first-order valence-corrected chi connectivity index (χ1v) is 8.60. The van der Waals surface area contributed by atoms with Crippen LogP contribution in [0.4, 0.5) is 17.1 Å². The molecule has 3 aromatic rings. The van der Waals surface area contributed by atoms with Crippen LogP contribution in [0.1, 0.15) is 17.4 Å². The molecule has 0 unspecified atom stereocenters. The van der Waals surface area contributed by atoms with Gasteiger partial charge in [0, 0.05) is 5.69 Å². The molecule has 0 atom stereocenters.